The van der Waals surface area contributed by atoms with Crippen molar-refractivity contribution >= 4 is 39.8 Å². The normalized spacial score (nSPS) is 20.6. The molecule has 0 atom stereocenters. The van der Waals surface area contributed by atoms with Gasteiger partial charge in [0.2, 0.25) is 0 Å². The molecule has 0 aromatic heterocycles. The van der Waals surface area contributed by atoms with E-state index >= 15 is 0 Å². The van der Waals surface area contributed by atoms with Gasteiger partial charge in [0.25, 0.3) is 0 Å². The lowest BCUT2D eigenvalue weighted by atomic mass is 9.87. The summed E-state index contributed by atoms with van der Waals surface area (Å²) in [4.78, 5) is 6.77. The number of benzene rings is 1. The summed E-state index contributed by atoms with van der Waals surface area (Å²) in [5, 5.41) is 3.31. The van der Waals surface area contributed by atoms with Crippen molar-refractivity contribution in [2.24, 2.45) is 4.99 Å². The zero-order chi connectivity index (χ0) is 19.2. The standard InChI is InChI=1S/C21H29N3O2S.HI/c1-2-22-20(23-15-9-12-19-10-5-3-6-11-19)24-16-17-27(25,26)21(18-24)13-7-4-8-14-21;/h3,5-6,10-11H,2,4,7-8,13-18H2,1H3,(H,22,23);1H. The van der Waals surface area contributed by atoms with Crippen LogP contribution in [0.15, 0.2) is 35.3 Å². The third-order valence-electron chi connectivity index (χ3n) is 5.48. The molecular weight excluding hydrogens is 485 g/mol. The Morgan fingerprint density at radius 3 is 2.61 bits per heavy atom. The third-order valence-corrected chi connectivity index (χ3v) is 8.06. The minimum Gasteiger partial charge on any atom is -0.356 e. The van der Waals surface area contributed by atoms with E-state index in [1.807, 2.05) is 37.3 Å². The van der Waals surface area contributed by atoms with Gasteiger partial charge in [-0.2, -0.15) is 0 Å². The average Bonchev–Trinajstić information content (AvgIpc) is 2.68. The number of rotatable bonds is 2. The van der Waals surface area contributed by atoms with Gasteiger partial charge in [-0.3, -0.25) is 0 Å². The zero-order valence-corrected chi connectivity index (χ0v) is 19.6. The Balaban J connectivity index is 0.00000280. The highest BCUT2D eigenvalue weighted by atomic mass is 127. The molecule has 0 radical (unpaired) electrons. The molecule has 1 saturated heterocycles. The molecule has 1 spiro atoms. The van der Waals surface area contributed by atoms with Crippen LogP contribution < -0.4 is 5.32 Å². The predicted octanol–water partition coefficient (Wildman–Crippen LogP) is 3.05. The van der Waals surface area contributed by atoms with Gasteiger partial charge in [0, 0.05) is 25.2 Å². The molecule has 1 aromatic carbocycles. The Bertz CT molecular complexity index is 822. The Hall–Kier alpha value is -1.27. The van der Waals surface area contributed by atoms with Crippen LogP contribution in [0.1, 0.15) is 44.6 Å². The van der Waals surface area contributed by atoms with Crippen molar-refractivity contribution < 1.29 is 8.42 Å². The second-order valence-corrected chi connectivity index (χ2v) is 9.83. The van der Waals surface area contributed by atoms with Crippen molar-refractivity contribution in [3.63, 3.8) is 0 Å². The van der Waals surface area contributed by atoms with Crippen LogP contribution in [-0.2, 0) is 9.84 Å². The molecular formula is C21H30IN3O2S. The number of hydrogen-bond acceptors (Lipinski definition) is 3. The van der Waals surface area contributed by atoms with Gasteiger partial charge in [-0.1, -0.05) is 49.3 Å². The minimum absolute atomic E-state index is 0. The quantitative estimate of drug-likeness (QED) is 0.285. The highest BCUT2D eigenvalue weighted by Gasteiger charge is 2.48. The lowest BCUT2D eigenvalue weighted by molar-refractivity contribution is 0.274. The molecule has 0 amide bonds. The van der Waals surface area contributed by atoms with Crippen LogP contribution in [0, 0.1) is 11.8 Å². The van der Waals surface area contributed by atoms with E-state index in [4.69, 9.17) is 0 Å². The SMILES string of the molecule is CCNC(=NCC#Cc1ccccc1)N1CCS(=O)(=O)C2(CCCCC2)C1.I. The van der Waals surface area contributed by atoms with Crippen LogP contribution >= 0.6 is 24.0 Å². The Morgan fingerprint density at radius 1 is 1.21 bits per heavy atom. The van der Waals surface area contributed by atoms with Crippen LogP contribution in [0.2, 0.25) is 0 Å². The number of guanidine groups is 1. The van der Waals surface area contributed by atoms with E-state index < -0.39 is 14.6 Å². The second-order valence-electron chi connectivity index (χ2n) is 7.32. The van der Waals surface area contributed by atoms with E-state index in [1.165, 1.54) is 0 Å². The molecule has 0 unspecified atom stereocenters. The van der Waals surface area contributed by atoms with Gasteiger partial charge in [-0.05, 0) is 31.9 Å². The molecule has 2 aliphatic rings. The van der Waals surface area contributed by atoms with Gasteiger partial charge in [0.15, 0.2) is 15.8 Å². The van der Waals surface area contributed by atoms with E-state index in [-0.39, 0.29) is 29.7 Å². The van der Waals surface area contributed by atoms with Gasteiger partial charge in [-0.25, -0.2) is 13.4 Å². The van der Waals surface area contributed by atoms with Crippen LogP contribution in [0.5, 0.6) is 0 Å². The van der Waals surface area contributed by atoms with Gasteiger partial charge in [0.1, 0.15) is 6.54 Å². The third kappa shape index (κ3) is 5.41. The molecule has 2 fully saturated rings. The molecule has 5 nitrogen and oxygen atoms in total. The Morgan fingerprint density at radius 2 is 1.93 bits per heavy atom. The van der Waals surface area contributed by atoms with Crippen molar-refractivity contribution in [2.45, 2.75) is 43.8 Å². The number of nitrogens with one attached hydrogen (secondary N) is 1. The molecule has 7 heteroatoms. The number of aliphatic imine (C=N–C) groups is 1. The molecule has 1 aliphatic carbocycles. The fourth-order valence-corrected chi connectivity index (χ4v) is 6.18. The van der Waals surface area contributed by atoms with Crippen molar-refractivity contribution in [2.75, 3.05) is 31.9 Å². The van der Waals surface area contributed by atoms with Crippen LogP contribution in [0.3, 0.4) is 0 Å². The van der Waals surface area contributed by atoms with Crippen molar-refractivity contribution in [1.29, 1.82) is 0 Å². The molecule has 1 aliphatic heterocycles. The molecule has 154 valence electrons. The Kier molecular flexibility index (Phi) is 8.62. The smallest absolute Gasteiger partial charge is 0.194 e. The molecule has 1 N–H and O–H groups in total. The fourth-order valence-electron chi connectivity index (χ4n) is 4.02. The number of nitrogens with zero attached hydrogens (tertiary/aromatic N) is 2. The monoisotopic (exact) mass is 515 g/mol. The maximum atomic E-state index is 12.8. The van der Waals surface area contributed by atoms with E-state index in [2.05, 4.69) is 27.0 Å². The van der Waals surface area contributed by atoms with Gasteiger partial charge >= 0.3 is 0 Å². The summed E-state index contributed by atoms with van der Waals surface area (Å²) in [5.41, 5.74) is 0.975. The van der Waals surface area contributed by atoms with Crippen molar-refractivity contribution in [3.8, 4) is 11.8 Å². The topological polar surface area (TPSA) is 61.8 Å². The summed E-state index contributed by atoms with van der Waals surface area (Å²) in [6, 6.07) is 9.86. The van der Waals surface area contributed by atoms with E-state index in [9.17, 15) is 8.42 Å². The first-order chi connectivity index (χ1) is 13.1. The second kappa shape index (κ2) is 10.5. The maximum absolute atomic E-state index is 12.8. The number of halogens is 1. The van der Waals surface area contributed by atoms with Crippen LogP contribution in [-0.4, -0.2) is 56.0 Å². The molecule has 1 aromatic rings. The van der Waals surface area contributed by atoms with Crippen molar-refractivity contribution in [1.82, 2.24) is 10.2 Å². The summed E-state index contributed by atoms with van der Waals surface area (Å²) >= 11 is 0. The molecule has 0 bridgehead atoms. The lowest BCUT2D eigenvalue weighted by Gasteiger charge is -2.45. The van der Waals surface area contributed by atoms with E-state index in [1.54, 1.807) is 0 Å². The van der Waals surface area contributed by atoms with Gasteiger partial charge < -0.3 is 10.2 Å². The van der Waals surface area contributed by atoms with Crippen molar-refractivity contribution in [3.05, 3.63) is 35.9 Å². The molecule has 28 heavy (non-hydrogen) atoms. The predicted molar refractivity (Wildman–Crippen MR) is 126 cm³/mol. The van der Waals surface area contributed by atoms with Crippen LogP contribution in [0.25, 0.3) is 0 Å². The summed E-state index contributed by atoms with van der Waals surface area (Å²) in [6.45, 7) is 4.23. The van der Waals surface area contributed by atoms with Gasteiger partial charge in [-0.15, -0.1) is 24.0 Å². The van der Waals surface area contributed by atoms with Crippen LogP contribution in [0.4, 0.5) is 0 Å². The van der Waals surface area contributed by atoms with E-state index in [0.717, 1.165) is 50.2 Å². The number of hydrogen-bond donors (Lipinski definition) is 1. The fraction of sp³-hybridized carbons (Fsp3) is 0.571. The summed E-state index contributed by atoms with van der Waals surface area (Å²) in [6.07, 6.45) is 4.70. The summed E-state index contributed by atoms with van der Waals surface area (Å²) in [7, 11) is -3.04. The van der Waals surface area contributed by atoms with E-state index in [0.29, 0.717) is 19.6 Å². The average molecular weight is 515 g/mol. The summed E-state index contributed by atoms with van der Waals surface area (Å²) in [5.74, 6) is 7.20. The zero-order valence-electron chi connectivity index (χ0n) is 16.5. The highest BCUT2D eigenvalue weighted by Crippen LogP contribution is 2.38. The molecule has 3 rings (SSSR count). The lowest BCUT2D eigenvalue weighted by Crippen LogP contribution is -2.60. The first kappa shape index (κ1) is 23.0. The highest BCUT2D eigenvalue weighted by molar-refractivity contribution is 14.0. The number of sulfone groups is 1. The van der Waals surface area contributed by atoms with Gasteiger partial charge in [0.05, 0.1) is 10.5 Å². The first-order valence-electron chi connectivity index (χ1n) is 9.86. The molecule has 1 heterocycles. The Labute approximate surface area is 186 Å². The molecule has 1 saturated carbocycles. The minimum atomic E-state index is -3.04. The largest absolute Gasteiger partial charge is 0.356 e. The summed E-state index contributed by atoms with van der Waals surface area (Å²) < 4.78 is 25.0. The first-order valence-corrected chi connectivity index (χ1v) is 11.5. The maximum Gasteiger partial charge on any atom is 0.194 e.